The summed E-state index contributed by atoms with van der Waals surface area (Å²) >= 11 is 0. The van der Waals surface area contributed by atoms with E-state index in [0.29, 0.717) is 12.0 Å². The third-order valence-electron chi connectivity index (χ3n) is 4.43. The van der Waals surface area contributed by atoms with Crippen molar-refractivity contribution in [3.05, 3.63) is 47.7 Å². The van der Waals surface area contributed by atoms with Gasteiger partial charge in [0.2, 0.25) is 5.95 Å². The molecule has 0 aliphatic carbocycles. The van der Waals surface area contributed by atoms with Gasteiger partial charge in [-0.2, -0.15) is 4.98 Å². The number of amides is 1. The van der Waals surface area contributed by atoms with Crippen LogP contribution in [-0.2, 0) is 0 Å². The summed E-state index contributed by atoms with van der Waals surface area (Å²) in [5.74, 6) is 1.58. The highest BCUT2D eigenvalue weighted by molar-refractivity contribution is 5.94. The number of nitrogens with one attached hydrogen (secondary N) is 2. The highest BCUT2D eigenvalue weighted by Gasteiger charge is 2.24. The molecule has 6 heteroatoms. The molecular weight excluding hydrogens is 314 g/mol. The minimum Gasteiger partial charge on any atom is -0.370 e. The molecule has 0 saturated carbocycles. The Morgan fingerprint density at radius 2 is 1.92 bits per heavy atom. The molecule has 0 bridgehead atoms. The average molecular weight is 339 g/mol. The van der Waals surface area contributed by atoms with E-state index in [1.165, 1.54) is 5.56 Å². The summed E-state index contributed by atoms with van der Waals surface area (Å²) in [6, 6.07) is 9.92. The molecule has 132 valence electrons. The summed E-state index contributed by atoms with van der Waals surface area (Å²) in [5, 5.41) is 6.57. The number of carbonyl (C=O) groups excluding carboxylic acids is 1. The highest BCUT2D eigenvalue weighted by Crippen LogP contribution is 2.17. The second kappa shape index (κ2) is 7.96. The molecule has 0 spiro atoms. The average Bonchev–Trinajstić information content (AvgIpc) is 2.63. The molecule has 6 nitrogen and oxygen atoms in total. The molecule has 3 rings (SSSR count). The predicted molar refractivity (Wildman–Crippen MR) is 99.9 cm³/mol. The lowest BCUT2D eigenvalue weighted by Gasteiger charge is -2.32. The van der Waals surface area contributed by atoms with E-state index in [0.717, 1.165) is 43.9 Å². The van der Waals surface area contributed by atoms with Crippen LogP contribution in [0.15, 0.2) is 36.5 Å². The van der Waals surface area contributed by atoms with Crippen LogP contribution in [0.2, 0.25) is 0 Å². The van der Waals surface area contributed by atoms with Gasteiger partial charge in [-0.05, 0) is 44.9 Å². The molecule has 2 N–H and O–H groups in total. The van der Waals surface area contributed by atoms with E-state index in [9.17, 15) is 4.79 Å². The van der Waals surface area contributed by atoms with Crippen LogP contribution in [0.1, 0.15) is 35.7 Å². The molecule has 1 amide bonds. The third-order valence-corrected chi connectivity index (χ3v) is 4.43. The number of nitrogens with zero attached hydrogens (tertiary/aromatic N) is 3. The molecule has 0 radical (unpaired) electrons. The molecule has 0 unspecified atom stereocenters. The maximum absolute atomic E-state index is 12.6. The number of hydrogen-bond acceptors (Lipinski definition) is 5. The Labute approximate surface area is 148 Å². The monoisotopic (exact) mass is 339 g/mol. The van der Waals surface area contributed by atoms with Gasteiger partial charge in [-0.25, -0.2) is 4.98 Å². The van der Waals surface area contributed by atoms with Gasteiger partial charge in [0.15, 0.2) is 0 Å². The Bertz CT molecular complexity index is 708. The highest BCUT2D eigenvalue weighted by atomic mass is 16.2. The number of piperidine rings is 1. The number of aromatic nitrogens is 2. The van der Waals surface area contributed by atoms with Crippen molar-refractivity contribution >= 4 is 17.7 Å². The minimum atomic E-state index is 0.115. The first-order chi connectivity index (χ1) is 12.2. The van der Waals surface area contributed by atoms with Crippen molar-refractivity contribution in [3.63, 3.8) is 0 Å². The number of benzene rings is 1. The smallest absolute Gasteiger partial charge is 0.253 e. The van der Waals surface area contributed by atoms with E-state index in [2.05, 4.69) is 20.6 Å². The Hall–Kier alpha value is -2.63. The van der Waals surface area contributed by atoms with Crippen molar-refractivity contribution in [1.82, 2.24) is 14.9 Å². The first-order valence-corrected chi connectivity index (χ1v) is 8.85. The van der Waals surface area contributed by atoms with Crippen LogP contribution in [0.4, 0.5) is 11.8 Å². The van der Waals surface area contributed by atoms with Gasteiger partial charge in [0.05, 0.1) is 0 Å². The lowest BCUT2D eigenvalue weighted by atomic mass is 10.0. The second-order valence-electron chi connectivity index (χ2n) is 6.37. The Balaban J connectivity index is 1.54. The van der Waals surface area contributed by atoms with Crippen molar-refractivity contribution in [2.24, 2.45) is 0 Å². The van der Waals surface area contributed by atoms with Gasteiger partial charge in [-0.15, -0.1) is 0 Å². The van der Waals surface area contributed by atoms with E-state index < -0.39 is 0 Å². The van der Waals surface area contributed by atoms with Crippen LogP contribution in [0.5, 0.6) is 0 Å². The molecule has 25 heavy (non-hydrogen) atoms. The Morgan fingerprint density at radius 3 is 2.60 bits per heavy atom. The number of aryl methyl sites for hydroxylation is 1. The summed E-state index contributed by atoms with van der Waals surface area (Å²) < 4.78 is 0. The van der Waals surface area contributed by atoms with Gasteiger partial charge in [-0.1, -0.05) is 17.7 Å². The molecule has 2 aromatic rings. The van der Waals surface area contributed by atoms with Crippen LogP contribution in [0.25, 0.3) is 0 Å². The van der Waals surface area contributed by atoms with Crippen LogP contribution in [0, 0.1) is 6.92 Å². The van der Waals surface area contributed by atoms with E-state index in [1.807, 2.05) is 49.1 Å². The lowest BCUT2D eigenvalue weighted by Crippen LogP contribution is -2.42. The summed E-state index contributed by atoms with van der Waals surface area (Å²) in [4.78, 5) is 23.2. The number of likely N-dealkylation sites (tertiary alicyclic amines) is 1. The standard InChI is InChI=1S/C19H25N5O/c1-3-20-17-8-11-21-19(23-17)22-16-9-12-24(13-10-16)18(25)15-6-4-14(2)5-7-15/h4-8,11,16H,3,9-10,12-13H2,1-2H3,(H2,20,21,22,23). The van der Waals surface area contributed by atoms with E-state index >= 15 is 0 Å². The summed E-state index contributed by atoms with van der Waals surface area (Å²) in [7, 11) is 0. The maximum Gasteiger partial charge on any atom is 0.253 e. The fraction of sp³-hybridized carbons (Fsp3) is 0.421. The van der Waals surface area contributed by atoms with Crippen LogP contribution in [-0.4, -0.2) is 46.5 Å². The first-order valence-electron chi connectivity index (χ1n) is 8.85. The first kappa shape index (κ1) is 17.2. The summed E-state index contributed by atoms with van der Waals surface area (Å²) in [6.07, 6.45) is 3.54. The van der Waals surface area contributed by atoms with Gasteiger partial charge < -0.3 is 15.5 Å². The fourth-order valence-electron chi connectivity index (χ4n) is 3.00. The minimum absolute atomic E-state index is 0.115. The largest absolute Gasteiger partial charge is 0.370 e. The molecular formula is C19H25N5O. The van der Waals surface area contributed by atoms with E-state index in [-0.39, 0.29) is 5.91 Å². The normalized spacial score (nSPS) is 15.0. The van der Waals surface area contributed by atoms with Crippen molar-refractivity contribution in [3.8, 4) is 0 Å². The van der Waals surface area contributed by atoms with Crippen molar-refractivity contribution in [2.45, 2.75) is 32.7 Å². The molecule has 1 aromatic heterocycles. The predicted octanol–water partition coefficient (Wildman–Crippen LogP) is 2.93. The summed E-state index contributed by atoms with van der Waals surface area (Å²) in [6.45, 7) is 6.39. The van der Waals surface area contributed by atoms with Gasteiger partial charge in [0.25, 0.3) is 5.91 Å². The van der Waals surface area contributed by atoms with Crippen LogP contribution < -0.4 is 10.6 Å². The molecule has 1 aliphatic heterocycles. The quantitative estimate of drug-likeness (QED) is 0.876. The van der Waals surface area contributed by atoms with Gasteiger partial charge in [0, 0.05) is 37.4 Å². The molecule has 2 heterocycles. The molecule has 1 aliphatic rings. The van der Waals surface area contributed by atoms with Crippen LogP contribution in [0.3, 0.4) is 0 Å². The van der Waals surface area contributed by atoms with Crippen molar-refractivity contribution in [2.75, 3.05) is 30.3 Å². The van der Waals surface area contributed by atoms with E-state index in [1.54, 1.807) is 6.20 Å². The number of anilines is 2. The molecule has 1 aromatic carbocycles. The van der Waals surface area contributed by atoms with Gasteiger partial charge in [-0.3, -0.25) is 4.79 Å². The number of rotatable bonds is 5. The second-order valence-corrected chi connectivity index (χ2v) is 6.37. The topological polar surface area (TPSA) is 70.2 Å². The van der Waals surface area contributed by atoms with Crippen molar-refractivity contribution in [1.29, 1.82) is 0 Å². The van der Waals surface area contributed by atoms with Crippen LogP contribution >= 0.6 is 0 Å². The molecule has 1 fully saturated rings. The Kier molecular flexibility index (Phi) is 5.48. The SMILES string of the molecule is CCNc1ccnc(NC2CCN(C(=O)c3ccc(C)cc3)CC2)n1. The third kappa shape index (κ3) is 4.47. The zero-order valence-corrected chi connectivity index (χ0v) is 14.8. The zero-order valence-electron chi connectivity index (χ0n) is 14.8. The van der Waals surface area contributed by atoms with Crippen molar-refractivity contribution < 1.29 is 4.79 Å². The van der Waals surface area contributed by atoms with Gasteiger partial charge in [0.1, 0.15) is 5.82 Å². The molecule has 1 saturated heterocycles. The maximum atomic E-state index is 12.6. The van der Waals surface area contributed by atoms with Gasteiger partial charge >= 0.3 is 0 Å². The Morgan fingerprint density at radius 1 is 1.20 bits per heavy atom. The zero-order chi connectivity index (χ0) is 17.6. The lowest BCUT2D eigenvalue weighted by molar-refractivity contribution is 0.0718. The molecule has 0 atom stereocenters. The fourth-order valence-corrected chi connectivity index (χ4v) is 3.00. The summed E-state index contributed by atoms with van der Waals surface area (Å²) in [5.41, 5.74) is 1.93. The number of carbonyl (C=O) groups is 1. The number of hydrogen-bond donors (Lipinski definition) is 2. The van der Waals surface area contributed by atoms with E-state index in [4.69, 9.17) is 0 Å².